The van der Waals surface area contributed by atoms with Gasteiger partial charge in [-0.15, -0.1) is 0 Å². The fraction of sp³-hybridized carbons (Fsp3) is 0.231. The fourth-order valence-electron chi connectivity index (χ4n) is 1.26. The lowest BCUT2D eigenvalue weighted by atomic mass is 10.1. The molecule has 0 bridgehead atoms. The van der Waals surface area contributed by atoms with Crippen molar-refractivity contribution in [3.8, 4) is 11.8 Å². The number of allylic oxidation sites excluding steroid dienone is 1. The van der Waals surface area contributed by atoms with E-state index >= 15 is 0 Å². The lowest BCUT2D eigenvalue weighted by molar-refractivity contribution is -0.136. The molecule has 0 atom stereocenters. The van der Waals surface area contributed by atoms with Gasteiger partial charge in [-0.25, -0.2) is 4.79 Å². The van der Waals surface area contributed by atoms with Crippen LogP contribution in [0.15, 0.2) is 30.3 Å². The maximum absolute atomic E-state index is 11.2. The molecule has 0 aliphatic heterocycles. The number of ether oxygens (including phenoxy) is 2. The molecule has 1 rings (SSSR count). The van der Waals surface area contributed by atoms with Crippen molar-refractivity contribution < 1.29 is 14.3 Å². The number of esters is 1. The number of nitriles is 1. The van der Waals surface area contributed by atoms with E-state index in [9.17, 15) is 4.79 Å². The maximum Gasteiger partial charge on any atom is 0.332 e. The molecule has 0 aliphatic carbocycles. The topological polar surface area (TPSA) is 59.3 Å². The van der Waals surface area contributed by atoms with Crippen molar-refractivity contribution in [3.05, 3.63) is 35.9 Å². The third-order valence-corrected chi connectivity index (χ3v) is 2.16. The van der Waals surface area contributed by atoms with Crippen LogP contribution < -0.4 is 4.74 Å². The third kappa shape index (κ3) is 3.99. The number of benzene rings is 1. The fourth-order valence-corrected chi connectivity index (χ4v) is 1.26. The van der Waals surface area contributed by atoms with Crippen molar-refractivity contribution in [3.63, 3.8) is 0 Å². The summed E-state index contributed by atoms with van der Waals surface area (Å²) in [4.78, 5) is 11.2. The smallest absolute Gasteiger partial charge is 0.332 e. The second-order valence-corrected chi connectivity index (χ2v) is 3.32. The molecule has 0 saturated heterocycles. The highest BCUT2D eigenvalue weighted by Crippen LogP contribution is 2.18. The molecular weight excluding hydrogens is 218 g/mol. The number of carbonyl (C=O) groups is 1. The minimum absolute atomic E-state index is 0.231. The van der Waals surface area contributed by atoms with Gasteiger partial charge in [-0.05, 0) is 30.2 Å². The van der Waals surface area contributed by atoms with Crippen LogP contribution in [-0.4, -0.2) is 19.7 Å². The molecule has 0 heterocycles. The quantitative estimate of drug-likeness (QED) is 0.588. The van der Waals surface area contributed by atoms with Gasteiger partial charge in [-0.3, -0.25) is 0 Å². The molecule has 0 aromatic heterocycles. The Morgan fingerprint density at radius 3 is 2.59 bits per heavy atom. The van der Waals surface area contributed by atoms with Crippen molar-refractivity contribution in [2.75, 3.05) is 13.7 Å². The van der Waals surface area contributed by atoms with Crippen molar-refractivity contribution in [1.82, 2.24) is 0 Å². The van der Waals surface area contributed by atoms with Gasteiger partial charge >= 0.3 is 5.97 Å². The van der Waals surface area contributed by atoms with Gasteiger partial charge < -0.3 is 9.47 Å². The molecular formula is C13H13NO3. The van der Waals surface area contributed by atoms with E-state index < -0.39 is 5.97 Å². The lowest BCUT2D eigenvalue weighted by Gasteiger charge is -2.03. The largest absolute Gasteiger partial charge is 0.497 e. The van der Waals surface area contributed by atoms with Crippen LogP contribution in [0.5, 0.6) is 5.75 Å². The van der Waals surface area contributed by atoms with Gasteiger partial charge in [-0.2, -0.15) is 5.26 Å². The number of hydrogen-bond acceptors (Lipinski definition) is 4. The van der Waals surface area contributed by atoms with Gasteiger partial charge in [0, 0.05) is 6.08 Å². The number of carbonyl (C=O) groups excluding carboxylic acids is 1. The van der Waals surface area contributed by atoms with Gasteiger partial charge in [0.1, 0.15) is 11.8 Å². The molecule has 17 heavy (non-hydrogen) atoms. The van der Waals surface area contributed by atoms with E-state index in [4.69, 9.17) is 10.00 Å². The Bertz CT molecular complexity index is 455. The number of rotatable bonds is 4. The number of nitrogens with zero attached hydrogens (tertiary/aromatic N) is 1. The summed E-state index contributed by atoms with van der Waals surface area (Å²) in [7, 11) is 1.59. The first kappa shape index (κ1) is 12.8. The van der Waals surface area contributed by atoms with Crippen LogP contribution >= 0.6 is 0 Å². The molecule has 0 aliphatic rings. The van der Waals surface area contributed by atoms with E-state index in [0.717, 1.165) is 16.9 Å². The van der Waals surface area contributed by atoms with Crippen LogP contribution in [0.2, 0.25) is 0 Å². The normalized spacial score (nSPS) is 10.5. The van der Waals surface area contributed by atoms with Crippen LogP contribution in [0, 0.1) is 11.3 Å². The van der Waals surface area contributed by atoms with Gasteiger partial charge in [-0.1, -0.05) is 12.1 Å². The Labute approximate surface area is 100 Å². The van der Waals surface area contributed by atoms with Crippen LogP contribution in [0.3, 0.4) is 0 Å². The first-order valence-corrected chi connectivity index (χ1v) is 5.04. The SMILES string of the molecule is COc1ccc(C(C)=CC(=O)OCC#N)cc1. The molecule has 1 aromatic rings. The highest BCUT2D eigenvalue weighted by molar-refractivity contribution is 5.90. The minimum Gasteiger partial charge on any atom is -0.497 e. The Morgan fingerprint density at radius 1 is 1.41 bits per heavy atom. The first-order chi connectivity index (χ1) is 8.17. The lowest BCUT2D eigenvalue weighted by Crippen LogP contribution is -2.01. The summed E-state index contributed by atoms with van der Waals surface area (Å²) in [5, 5.41) is 8.26. The van der Waals surface area contributed by atoms with Crippen LogP contribution in [-0.2, 0) is 9.53 Å². The zero-order valence-electron chi connectivity index (χ0n) is 9.77. The molecule has 0 spiro atoms. The van der Waals surface area contributed by atoms with E-state index in [1.54, 1.807) is 20.1 Å². The summed E-state index contributed by atoms with van der Waals surface area (Å²) in [6, 6.07) is 9.06. The zero-order chi connectivity index (χ0) is 12.7. The molecule has 1 aromatic carbocycles. The summed E-state index contributed by atoms with van der Waals surface area (Å²) in [5.41, 5.74) is 1.68. The summed E-state index contributed by atoms with van der Waals surface area (Å²) >= 11 is 0. The predicted molar refractivity (Wildman–Crippen MR) is 63.2 cm³/mol. The number of methoxy groups -OCH3 is 1. The molecule has 0 radical (unpaired) electrons. The highest BCUT2D eigenvalue weighted by atomic mass is 16.5. The van der Waals surface area contributed by atoms with Gasteiger partial charge in [0.15, 0.2) is 6.61 Å². The van der Waals surface area contributed by atoms with E-state index in [2.05, 4.69) is 4.74 Å². The number of hydrogen-bond donors (Lipinski definition) is 0. The molecule has 0 unspecified atom stereocenters. The third-order valence-electron chi connectivity index (χ3n) is 2.16. The molecule has 0 saturated carbocycles. The average molecular weight is 231 g/mol. The van der Waals surface area contributed by atoms with Crippen molar-refractivity contribution >= 4 is 11.5 Å². The molecule has 4 nitrogen and oxygen atoms in total. The first-order valence-electron chi connectivity index (χ1n) is 5.04. The van der Waals surface area contributed by atoms with Crippen molar-refractivity contribution in [2.45, 2.75) is 6.92 Å². The molecule has 4 heteroatoms. The van der Waals surface area contributed by atoms with Crippen LogP contribution in [0.4, 0.5) is 0 Å². The van der Waals surface area contributed by atoms with Crippen LogP contribution in [0.1, 0.15) is 12.5 Å². The highest BCUT2D eigenvalue weighted by Gasteiger charge is 2.01. The average Bonchev–Trinajstić information content (AvgIpc) is 2.36. The monoisotopic (exact) mass is 231 g/mol. The maximum atomic E-state index is 11.2. The summed E-state index contributed by atoms with van der Waals surface area (Å²) in [6.45, 7) is 1.57. The van der Waals surface area contributed by atoms with E-state index in [1.807, 2.05) is 24.3 Å². The van der Waals surface area contributed by atoms with Gasteiger partial charge in [0.25, 0.3) is 0 Å². The Kier molecular flexibility index (Phi) is 4.77. The van der Waals surface area contributed by atoms with E-state index in [-0.39, 0.29) is 6.61 Å². The Morgan fingerprint density at radius 2 is 2.06 bits per heavy atom. The zero-order valence-corrected chi connectivity index (χ0v) is 9.77. The summed E-state index contributed by atoms with van der Waals surface area (Å²) < 4.78 is 9.66. The van der Waals surface area contributed by atoms with Crippen LogP contribution in [0.25, 0.3) is 5.57 Å². The van der Waals surface area contributed by atoms with E-state index in [1.165, 1.54) is 6.08 Å². The van der Waals surface area contributed by atoms with E-state index in [0.29, 0.717) is 0 Å². The minimum atomic E-state index is -0.514. The van der Waals surface area contributed by atoms with Gasteiger partial charge in [0.05, 0.1) is 7.11 Å². The second kappa shape index (κ2) is 6.33. The molecule has 88 valence electrons. The molecule has 0 N–H and O–H groups in total. The summed E-state index contributed by atoms with van der Waals surface area (Å²) in [6.07, 6.45) is 1.36. The molecule has 0 amide bonds. The molecule has 0 fully saturated rings. The predicted octanol–water partition coefficient (Wildman–Crippen LogP) is 2.17. The Balaban J connectivity index is 2.74. The summed E-state index contributed by atoms with van der Waals surface area (Å²) in [5.74, 6) is 0.244. The van der Waals surface area contributed by atoms with Gasteiger partial charge in [0.2, 0.25) is 0 Å². The van der Waals surface area contributed by atoms with Crippen molar-refractivity contribution in [2.24, 2.45) is 0 Å². The standard InChI is InChI=1S/C13H13NO3/c1-10(9-13(15)17-8-7-14)11-3-5-12(16-2)6-4-11/h3-6,9H,8H2,1-2H3. The van der Waals surface area contributed by atoms with Crippen molar-refractivity contribution in [1.29, 1.82) is 5.26 Å². The Hall–Kier alpha value is -2.28. The second-order valence-electron chi connectivity index (χ2n) is 3.32.